The normalized spacial score (nSPS) is 12.5. The molecule has 0 saturated heterocycles. The summed E-state index contributed by atoms with van der Waals surface area (Å²) in [7, 11) is 0. The third-order valence-corrected chi connectivity index (χ3v) is 3.89. The molecule has 1 atom stereocenters. The third-order valence-electron chi connectivity index (χ3n) is 3.33. The van der Waals surface area contributed by atoms with Gasteiger partial charge in [-0.2, -0.15) is 0 Å². The Bertz CT molecular complexity index is 853. The van der Waals surface area contributed by atoms with Crippen molar-refractivity contribution < 1.29 is 0 Å². The molecule has 21 heavy (non-hydrogen) atoms. The minimum absolute atomic E-state index is 0.0119. The summed E-state index contributed by atoms with van der Waals surface area (Å²) < 4.78 is 0. The monoisotopic (exact) mass is 321 g/mol. The average molecular weight is 322 g/mol. The third kappa shape index (κ3) is 2.91. The highest BCUT2D eigenvalue weighted by Crippen LogP contribution is 2.28. The van der Waals surface area contributed by atoms with E-state index in [-0.39, 0.29) is 11.7 Å². The van der Waals surface area contributed by atoms with Crippen LogP contribution < -0.4 is 11.0 Å². The summed E-state index contributed by atoms with van der Waals surface area (Å²) in [6.45, 7) is 2.01. The van der Waals surface area contributed by atoms with Crippen LogP contribution in [0.4, 0.5) is 5.69 Å². The van der Waals surface area contributed by atoms with Crippen LogP contribution in [0.15, 0.2) is 41.2 Å². The van der Waals surface area contributed by atoms with Gasteiger partial charge in [0.15, 0.2) is 0 Å². The van der Waals surface area contributed by atoms with Gasteiger partial charge < -0.3 is 15.3 Å². The predicted octanol–water partition coefficient (Wildman–Crippen LogP) is 4.34. The standard InChI is InChI=1S/C15H13Cl2N3O/c1-8(11-4-2-9(16)6-12(11)17)18-10-3-5-13-14(7-10)20-15(21)19-13/h2-8,18H,1H3,(H2,19,20,21). The Morgan fingerprint density at radius 1 is 1.05 bits per heavy atom. The summed E-state index contributed by atoms with van der Waals surface area (Å²) in [5, 5.41) is 4.59. The summed E-state index contributed by atoms with van der Waals surface area (Å²) >= 11 is 12.1. The Balaban J connectivity index is 1.88. The SMILES string of the molecule is CC(Nc1ccc2[nH]c(=O)[nH]c2c1)c1ccc(Cl)cc1Cl. The number of hydrogen-bond donors (Lipinski definition) is 3. The first-order valence-electron chi connectivity index (χ1n) is 6.46. The number of aromatic nitrogens is 2. The van der Waals surface area contributed by atoms with Crippen LogP contribution in [0.5, 0.6) is 0 Å². The minimum Gasteiger partial charge on any atom is -0.378 e. The van der Waals surface area contributed by atoms with E-state index in [4.69, 9.17) is 23.2 Å². The van der Waals surface area contributed by atoms with E-state index in [1.165, 1.54) is 0 Å². The molecule has 0 fully saturated rings. The van der Waals surface area contributed by atoms with E-state index in [0.29, 0.717) is 10.0 Å². The highest BCUT2D eigenvalue weighted by Gasteiger charge is 2.10. The van der Waals surface area contributed by atoms with E-state index in [9.17, 15) is 4.79 Å². The molecule has 3 rings (SSSR count). The van der Waals surface area contributed by atoms with Crippen molar-refractivity contribution in [1.82, 2.24) is 9.97 Å². The number of hydrogen-bond acceptors (Lipinski definition) is 2. The smallest absolute Gasteiger partial charge is 0.323 e. The molecule has 0 saturated carbocycles. The molecule has 3 N–H and O–H groups in total. The molecule has 0 radical (unpaired) electrons. The van der Waals surface area contributed by atoms with Gasteiger partial charge in [-0.25, -0.2) is 4.79 Å². The van der Waals surface area contributed by atoms with Crippen LogP contribution in [0.25, 0.3) is 11.0 Å². The second kappa shape index (κ2) is 5.47. The molecule has 6 heteroatoms. The molecule has 0 amide bonds. The zero-order valence-corrected chi connectivity index (χ0v) is 12.7. The maximum Gasteiger partial charge on any atom is 0.323 e. The molecule has 1 unspecified atom stereocenters. The van der Waals surface area contributed by atoms with Gasteiger partial charge in [-0.1, -0.05) is 29.3 Å². The first-order chi connectivity index (χ1) is 10.0. The van der Waals surface area contributed by atoms with E-state index in [2.05, 4.69) is 15.3 Å². The van der Waals surface area contributed by atoms with Crippen LogP contribution in [-0.2, 0) is 0 Å². The summed E-state index contributed by atoms with van der Waals surface area (Å²) in [5.74, 6) is 0. The molecule has 0 aliphatic heterocycles. The van der Waals surface area contributed by atoms with E-state index in [0.717, 1.165) is 22.3 Å². The van der Waals surface area contributed by atoms with Crippen LogP contribution in [0.3, 0.4) is 0 Å². The molecule has 0 spiro atoms. The molecule has 108 valence electrons. The van der Waals surface area contributed by atoms with E-state index < -0.39 is 0 Å². The Labute approximate surface area is 131 Å². The average Bonchev–Trinajstić information content (AvgIpc) is 2.77. The van der Waals surface area contributed by atoms with Crippen molar-refractivity contribution in [2.24, 2.45) is 0 Å². The van der Waals surface area contributed by atoms with Crippen molar-refractivity contribution in [3.05, 3.63) is 62.5 Å². The quantitative estimate of drug-likeness (QED) is 0.672. The summed E-state index contributed by atoms with van der Waals surface area (Å²) in [5.41, 5.74) is 3.19. The van der Waals surface area contributed by atoms with Crippen LogP contribution in [0, 0.1) is 0 Å². The number of nitrogens with one attached hydrogen (secondary N) is 3. The van der Waals surface area contributed by atoms with Gasteiger partial charge in [0.2, 0.25) is 0 Å². The summed E-state index contributed by atoms with van der Waals surface area (Å²) in [6, 6.07) is 11.1. The van der Waals surface area contributed by atoms with Gasteiger partial charge in [-0.05, 0) is 42.8 Å². The number of halogens is 2. The second-order valence-electron chi connectivity index (χ2n) is 4.87. The molecular formula is C15H13Cl2N3O. The lowest BCUT2D eigenvalue weighted by molar-refractivity contribution is 0.885. The first-order valence-corrected chi connectivity index (χ1v) is 7.22. The molecule has 1 heterocycles. The number of rotatable bonds is 3. The number of H-pyrrole nitrogens is 2. The first kappa shape index (κ1) is 14.0. The van der Waals surface area contributed by atoms with Gasteiger partial charge in [0.1, 0.15) is 0 Å². The zero-order chi connectivity index (χ0) is 15.0. The van der Waals surface area contributed by atoms with Crippen molar-refractivity contribution >= 4 is 39.9 Å². The topological polar surface area (TPSA) is 60.7 Å². The van der Waals surface area contributed by atoms with Gasteiger partial charge in [-0.15, -0.1) is 0 Å². The van der Waals surface area contributed by atoms with Gasteiger partial charge >= 0.3 is 5.69 Å². The van der Waals surface area contributed by atoms with Crippen molar-refractivity contribution in [3.8, 4) is 0 Å². The van der Waals surface area contributed by atoms with E-state index in [1.807, 2.05) is 37.3 Å². The lowest BCUT2D eigenvalue weighted by atomic mass is 10.1. The van der Waals surface area contributed by atoms with E-state index >= 15 is 0 Å². The van der Waals surface area contributed by atoms with Crippen LogP contribution in [-0.4, -0.2) is 9.97 Å². The zero-order valence-electron chi connectivity index (χ0n) is 11.2. The van der Waals surface area contributed by atoms with E-state index in [1.54, 1.807) is 6.07 Å². The number of aromatic amines is 2. The molecule has 0 aliphatic carbocycles. The molecule has 0 bridgehead atoms. The number of imidazole rings is 1. The highest BCUT2D eigenvalue weighted by molar-refractivity contribution is 6.35. The van der Waals surface area contributed by atoms with Gasteiger partial charge in [0, 0.05) is 21.8 Å². The molecule has 4 nitrogen and oxygen atoms in total. The number of fused-ring (bicyclic) bond motifs is 1. The summed E-state index contributed by atoms with van der Waals surface area (Å²) in [4.78, 5) is 16.7. The van der Waals surface area contributed by atoms with Gasteiger partial charge in [0.25, 0.3) is 0 Å². The molecule has 1 aromatic heterocycles. The minimum atomic E-state index is -0.212. The maximum atomic E-state index is 11.3. The molecule has 3 aromatic rings. The fraction of sp³-hybridized carbons (Fsp3) is 0.133. The van der Waals surface area contributed by atoms with Crippen molar-refractivity contribution in [2.45, 2.75) is 13.0 Å². The highest BCUT2D eigenvalue weighted by atomic mass is 35.5. The predicted molar refractivity (Wildman–Crippen MR) is 87.4 cm³/mol. The molecular weight excluding hydrogens is 309 g/mol. The second-order valence-corrected chi connectivity index (χ2v) is 5.71. The van der Waals surface area contributed by atoms with Crippen LogP contribution >= 0.6 is 23.2 Å². The largest absolute Gasteiger partial charge is 0.378 e. The van der Waals surface area contributed by atoms with Gasteiger partial charge in [-0.3, -0.25) is 0 Å². The fourth-order valence-electron chi connectivity index (χ4n) is 2.30. The van der Waals surface area contributed by atoms with Crippen LogP contribution in [0.1, 0.15) is 18.5 Å². The van der Waals surface area contributed by atoms with Crippen molar-refractivity contribution in [2.75, 3.05) is 5.32 Å². The molecule has 0 aliphatic rings. The fourth-order valence-corrected chi connectivity index (χ4v) is 2.87. The maximum absolute atomic E-state index is 11.3. The summed E-state index contributed by atoms with van der Waals surface area (Å²) in [6.07, 6.45) is 0. The van der Waals surface area contributed by atoms with Gasteiger partial charge in [0.05, 0.1) is 11.0 Å². The Morgan fingerprint density at radius 2 is 1.81 bits per heavy atom. The van der Waals surface area contributed by atoms with Crippen LogP contribution in [0.2, 0.25) is 10.0 Å². The van der Waals surface area contributed by atoms with Crippen molar-refractivity contribution in [3.63, 3.8) is 0 Å². The molecule has 2 aromatic carbocycles. The lowest BCUT2D eigenvalue weighted by Crippen LogP contribution is -2.07. The Morgan fingerprint density at radius 3 is 2.57 bits per heavy atom. The Hall–Kier alpha value is -1.91. The Kier molecular flexibility index (Phi) is 3.66. The lowest BCUT2D eigenvalue weighted by Gasteiger charge is -2.17. The van der Waals surface area contributed by atoms with Crippen molar-refractivity contribution in [1.29, 1.82) is 0 Å². The number of anilines is 1. The number of benzene rings is 2.